The van der Waals surface area contributed by atoms with Crippen molar-refractivity contribution in [2.45, 2.75) is 12.5 Å². The average molecular weight is 337 g/mol. The van der Waals surface area contributed by atoms with Crippen molar-refractivity contribution in [2.75, 3.05) is 6.61 Å². The minimum Gasteiger partial charge on any atom is -0.464 e. The van der Waals surface area contributed by atoms with Crippen LogP contribution in [0, 0.1) is 0 Å². The Hall–Kier alpha value is -1.19. The number of aromatic nitrogens is 1. The second kappa shape index (κ2) is 4.18. The molecule has 2 heterocycles. The van der Waals surface area contributed by atoms with Crippen LogP contribution in [0.1, 0.15) is 12.6 Å². The van der Waals surface area contributed by atoms with E-state index in [1.54, 1.807) is 18.2 Å². The van der Waals surface area contributed by atoms with E-state index >= 15 is 0 Å². The zero-order chi connectivity index (χ0) is 13.6. The summed E-state index contributed by atoms with van der Waals surface area (Å²) in [6, 6.07) is 4.84. The van der Waals surface area contributed by atoms with E-state index in [9.17, 15) is 13.2 Å². The molecule has 0 saturated carbocycles. The lowest BCUT2D eigenvalue weighted by atomic mass is 9.98. The first-order valence-electron chi connectivity index (χ1n) is 4.83. The Morgan fingerprint density at radius 3 is 2.83 bits per heavy atom. The van der Waals surface area contributed by atoms with Crippen LogP contribution in [-0.4, -0.2) is 35.5 Å². The number of nitrogens with zero attached hydrogens (tertiary/aromatic N) is 2. The van der Waals surface area contributed by atoms with Gasteiger partial charge in [-0.2, -0.15) is 12.7 Å². The summed E-state index contributed by atoms with van der Waals surface area (Å²) in [6.07, 6.45) is -1.60. The molecule has 1 N–H and O–H groups in total. The van der Waals surface area contributed by atoms with Crippen molar-refractivity contribution in [3.63, 3.8) is 0 Å². The van der Waals surface area contributed by atoms with E-state index in [0.717, 1.165) is 0 Å². The van der Waals surface area contributed by atoms with Crippen LogP contribution in [0.3, 0.4) is 0 Å². The first kappa shape index (κ1) is 13.2. The van der Waals surface area contributed by atoms with Crippen LogP contribution in [0.25, 0.3) is 0 Å². The molecule has 0 spiro atoms. The number of halogens is 1. The number of carboxylic acid groups (broad SMARTS) is 1. The largest absolute Gasteiger partial charge is 0.464 e. The molecule has 0 aliphatic carbocycles. The van der Waals surface area contributed by atoms with Crippen LogP contribution in [0.5, 0.6) is 0 Å². The molecule has 98 valence electrons. The first-order valence-corrected chi connectivity index (χ1v) is 6.99. The molecular weight excluding hydrogens is 328 g/mol. The summed E-state index contributed by atoms with van der Waals surface area (Å²) in [7, 11) is -4.28. The Balaban J connectivity index is 2.58. The molecule has 1 aliphatic heterocycles. The fourth-order valence-corrected chi connectivity index (χ4v) is 3.40. The van der Waals surface area contributed by atoms with Gasteiger partial charge in [0.05, 0.1) is 12.3 Å². The quantitative estimate of drug-likeness (QED) is 0.776. The average Bonchev–Trinajstić information content (AvgIpc) is 2.50. The molecule has 1 aromatic heterocycles. The predicted octanol–water partition coefficient (Wildman–Crippen LogP) is 1.31. The number of hydrogen-bond acceptors (Lipinski definition) is 5. The van der Waals surface area contributed by atoms with Gasteiger partial charge in [0, 0.05) is 0 Å². The fraction of sp³-hybridized carbons (Fsp3) is 0.333. The van der Waals surface area contributed by atoms with Crippen molar-refractivity contribution in [2.24, 2.45) is 0 Å². The molecule has 0 bridgehead atoms. The Bertz CT molecular complexity index is 605. The van der Waals surface area contributed by atoms with Crippen LogP contribution in [-0.2, 0) is 20.0 Å². The molecule has 2 rings (SSSR count). The van der Waals surface area contributed by atoms with Gasteiger partial charge in [0.25, 0.3) is 0 Å². The lowest BCUT2D eigenvalue weighted by Crippen LogP contribution is -2.46. The highest BCUT2D eigenvalue weighted by molar-refractivity contribution is 9.10. The zero-order valence-electron chi connectivity index (χ0n) is 9.20. The molecule has 9 heteroatoms. The Labute approximate surface area is 112 Å². The summed E-state index contributed by atoms with van der Waals surface area (Å²) < 4.78 is 28.5. The van der Waals surface area contributed by atoms with Crippen molar-refractivity contribution >= 4 is 32.3 Å². The molecular formula is C9H9BrN2O5S. The first-order chi connectivity index (χ1) is 8.27. The number of pyridine rings is 1. The van der Waals surface area contributed by atoms with Gasteiger partial charge in [-0.05, 0) is 35.0 Å². The molecule has 0 aromatic carbocycles. The van der Waals surface area contributed by atoms with Gasteiger partial charge in [-0.25, -0.2) is 9.78 Å². The lowest BCUT2D eigenvalue weighted by molar-refractivity contribution is 0.137. The molecule has 1 atom stereocenters. The van der Waals surface area contributed by atoms with Crippen molar-refractivity contribution in [3.8, 4) is 0 Å². The summed E-state index contributed by atoms with van der Waals surface area (Å²) in [6.45, 7) is 1.14. The van der Waals surface area contributed by atoms with E-state index in [1.165, 1.54) is 6.92 Å². The molecule has 1 saturated heterocycles. The summed E-state index contributed by atoms with van der Waals surface area (Å²) in [5.74, 6) is 0. The molecule has 1 aliphatic rings. The molecule has 1 fully saturated rings. The summed E-state index contributed by atoms with van der Waals surface area (Å²) >= 11 is 3.15. The van der Waals surface area contributed by atoms with Gasteiger partial charge in [0.1, 0.15) is 10.1 Å². The molecule has 1 unspecified atom stereocenters. The second-order valence-corrected chi connectivity index (χ2v) is 6.16. The maximum absolute atomic E-state index is 11.6. The fourth-order valence-electron chi connectivity index (χ4n) is 1.74. The van der Waals surface area contributed by atoms with Gasteiger partial charge in [0.15, 0.2) is 0 Å². The van der Waals surface area contributed by atoms with E-state index < -0.39 is 21.9 Å². The highest BCUT2D eigenvalue weighted by Crippen LogP contribution is 2.37. The normalized spacial score (nSPS) is 26.2. The molecule has 18 heavy (non-hydrogen) atoms. The Kier molecular flexibility index (Phi) is 3.07. The summed E-state index contributed by atoms with van der Waals surface area (Å²) in [5.41, 5.74) is -1.07. The molecule has 1 aromatic rings. The van der Waals surface area contributed by atoms with E-state index in [2.05, 4.69) is 25.1 Å². The van der Waals surface area contributed by atoms with Gasteiger partial charge < -0.3 is 5.11 Å². The maximum Gasteiger partial charge on any atom is 0.423 e. The van der Waals surface area contributed by atoms with E-state index in [1.807, 2.05) is 0 Å². The van der Waals surface area contributed by atoms with Gasteiger partial charge in [-0.15, -0.1) is 0 Å². The topological polar surface area (TPSA) is 96.8 Å². The minimum atomic E-state index is -4.28. The smallest absolute Gasteiger partial charge is 0.423 e. The van der Waals surface area contributed by atoms with Crippen LogP contribution in [0.15, 0.2) is 22.8 Å². The highest BCUT2D eigenvalue weighted by Gasteiger charge is 2.53. The van der Waals surface area contributed by atoms with Crippen LogP contribution >= 0.6 is 15.9 Å². The van der Waals surface area contributed by atoms with E-state index in [-0.39, 0.29) is 10.9 Å². The van der Waals surface area contributed by atoms with Crippen molar-refractivity contribution in [1.29, 1.82) is 0 Å². The third kappa shape index (κ3) is 1.98. The van der Waals surface area contributed by atoms with Crippen molar-refractivity contribution in [1.82, 2.24) is 9.29 Å². The monoisotopic (exact) mass is 336 g/mol. The zero-order valence-corrected chi connectivity index (χ0v) is 11.6. The lowest BCUT2D eigenvalue weighted by Gasteiger charge is -2.27. The maximum atomic E-state index is 11.6. The number of rotatable bonds is 1. The van der Waals surface area contributed by atoms with Crippen LogP contribution in [0.2, 0.25) is 0 Å². The van der Waals surface area contributed by atoms with Crippen molar-refractivity contribution < 1.29 is 22.5 Å². The third-order valence-electron chi connectivity index (χ3n) is 2.60. The van der Waals surface area contributed by atoms with Crippen molar-refractivity contribution in [3.05, 3.63) is 28.5 Å². The van der Waals surface area contributed by atoms with E-state index in [0.29, 0.717) is 10.3 Å². The van der Waals surface area contributed by atoms with Gasteiger partial charge in [-0.1, -0.05) is 6.07 Å². The van der Waals surface area contributed by atoms with E-state index in [4.69, 9.17) is 5.11 Å². The minimum absolute atomic E-state index is 0.286. The van der Waals surface area contributed by atoms with Gasteiger partial charge in [0.2, 0.25) is 0 Å². The molecule has 1 amide bonds. The Morgan fingerprint density at radius 2 is 2.28 bits per heavy atom. The third-order valence-corrected chi connectivity index (χ3v) is 4.47. The molecule has 0 radical (unpaired) electrons. The molecule has 7 nitrogen and oxygen atoms in total. The standard InChI is InChI=1S/C9H9BrN2O5S/c1-9(6-3-2-4-7(10)11-6)5-17-18(15,16)12(9)8(13)14/h2-4H,5H2,1H3,(H,13,14). The SMILES string of the molecule is CC1(c2cccc(Br)n2)COS(=O)(=O)N1C(=O)O. The number of amides is 1. The van der Waals surface area contributed by atoms with Crippen LogP contribution < -0.4 is 0 Å². The summed E-state index contributed by atoms with van der Waals surface area (Å²) in [5, 5.41) is 9.04. The second-order valence-electron chi connectivity index (χ2n) is 3.89. The van der Waals surface area contributed by atoms with Gasteiger partial charge in [-0.3, -0.25) is 4.18 Å². The number of hydrogen-bond donors (Lipinski definition) is 1. The predicted molar refractivity (Wildman–Crippen MR) is 64.0 cm³/mol. The summed E-state index contributed by atoms with van der Waals surface area (Å²) in [4.78, 5) is 15.2. The Morgan fingerprint density at radius 1 is 1.61 bits per heavy atom. The number of carbonyl (C=O) groups is 1. The highest BCUT2D eigenvalue weighted by atomic mass is 79.9. The van der Waals surface area contributed by atoms with Gasteiger partial charge >= 0.3 is 16.4 Å². The van der Waals surface area contributed by atoms with Crippen LogP contribution in [0.4, 0.5) is 4.79 Å².